The zero-order valence-electron chi connectivity index (χ0n) is 9.60. The van der Waals surface area contributed by atoms with Gasteiger partial charge in [0.15, 0.2) is 0 Å². The van der Waals surface area contributed by atoms with Crippen LogP contribution in [-0.4, -0.2) is 29.0 Å². The van der Waals surface area contributed by atoms with Gasteiger partial charge in [-0.1, -0.05) is 23.6 Å². The summed E-state index contributed by atoms with van der Waals surface area (Å²) in [4.78, 5) is 17.0. The largest absolute Gasteiger partial charge is 0.456 e. The van der Waals surface area contributed by atoms with Crippen molar-refractivity contribution in [3.05, 3.63) is 40.8 Å². The standard InChI is InChI=1S/C13H11ClN2O2/c1-2-5-16(11-6-13(17)18-9-11)8-10-3-4-12(14)15-7-10/h1,3-4,6-7H,5,8-9H2. The van der Waals surface area contributed by atoms with Gasteiger partial charge < -0.3 is 9.64 Å². The minimum absolute atomic E-state index is 0.265. The molecule has 0 atom stereocenters. The van der Waals surface area contributed by atoms with Gasteiger partial charge >= 0.3 is 5.97 Å². The molecule has 1 aromatic heterocycles. The molecule has 2 heterocycles. The van der Waals surface area contributed by atoms with Gasteiger partial charge in [-0.3, -0.25) is 0 Å². The van der Waals surface area contributed by atoms with Crippen LogP contribution in [0.3, 0.4) is 0 Å². The molecule has 1 aromatic rings. The number of esters is 1. The predicted molar refractivity (Wildman–Crippen MR) is 67.5 cm³/mol. The quantitative estimate of drug-likeness (QED) is 0.470. The third-order valence-electron chi connectivity index (χ3n) is 2.50. The van der Waals surface area contributed by atoms with Gasteiger partial charge in [0.05, 0.1) is 12.2 Å². The highest BCUT2D eigenvalue weighted by atomic mass is 35.5. The number of hydrogen-bond acceptors (Lipinski definition) is 4. The second-order valence-corrected chi connectivity index (χ2v) is 4.18. The van der Waals surface area contributed by atoms with Crippen molar-refractivity contribution in [3.63, 3.8) is 0 Å². The fraction of sp³-hybridized carbons (Fsp3) is 0.231. The van der Waals surface area contributed by atoms with Gasteiger partial charge in [0, 0.05) is 18.8 Å². The fourth-order valence-electron chi connectivity index (χ4n) is 1.64. The van der Waals surface area contributed by atoms with E-state index in [0.29, 0.717) is 18.2 Å². The molecule has 0 bridgehead atoms. The van der Waals surface area contributed by atoms with E-state index in [-0.39, 0.29) is 12.6 Å². The number of terminal acetylenes is 1. The molecule has 0 amide bonds. The lowest BCUT2D eigenvalue weighted by atomic mass is 10.2. The maximum Gasteiger partial charge on any atom is 0.333 e. The Hall–Kier alpha value is -1.99. The van der Waals surface area contributed by atoms with Crippen LogP contribution in [0.25, 0.3) is 0 Å². The minimum Gasteiger partial charge on any atom is -0.456 e. The van der Waals surface area contributed by atoms with Crippen molar-refractivity contribution in [1.82, 2.24) is 9.88 Å². The van der Waals surface area contributed by atoms with Crippen LogP contribution in [0.15, 0.2) is 30.1 Å². The maximum atomic E-state index is 11.1. The molecule has 1 aliphatic rings. The van der Waals surface area contributed by atoms with E-state index in [1.807, 2.05) is 11.0 Å². The molecule has 0 radical (unpaired) electrons. The second-order valence-electron chi connectivity index (χ2n) is 3.79. The summed E-state index contributed by atoms with van der Waals surface area (Å²) >= 11 is 5.72. The van der Waals surface area contributed by atoms with E-state index >= 15 is 0 Å². The number of carbonyl (C=O) groups excluding carboxylic acids is 1. The molecule has 0 saturated carbocycles. The lowest BCUT2D eigenvalue weighted by Crippen LogP contribution is -2.24. The minimum atomic E-state index is -0.332. The molecule has 0 spiro atoms. The Labute approximate surface area is 110 Å². The summed E-state index contributed by atoms with van der Waals surface area (Å²) in [5.41, 5.74) is 1.75. The van der Waals surface area contributed by atoms with Crippen LogP contribution in [0.4, 0.5) is 0 Å². The highest BCUT2D eigenvalue weighted by Crippen LogP contribution is 2.16. The van der Waals surface area contributed by atoms with E-state index in [1.165, 1.54) is 6.08 Å². The zero-order chi connectivity index (χ0) is 13.0. The number of hydrogen-bond donors (Lipinski definition) is 0. The van der Waals surface area contributed by atoms with E-state index in [4.69, 9.17) is 22.8 Å². The van der Waals surface area contributed by atoms with Crippen molar-refractivity contribution in [2.75, 3.05) is 13.2 Å². The molecular weight excluding hydrogens is 252 g/mol. The van der Waals surface area contributed by atoms with E-state index in [0.717, 1.165) is 11.3 Å². The average Bonchev–Trinajstić information content (AvgIpc) is 2.78. The van der Waals surface area contributed by atoms with Gasteiger partial charge in [0.2, 0.25) is 0 Å². The first-order valence-corrected chi connectivity index (χ1v) is 5.73. The van der Waals surface area contributed by atoms with Crippen molar-refractivity contribution < 1.29 is 9.53 Å². The Bertz CT molecular complexity index is 517. The molecule has 0 unspecified atom stereocenters. The van der Waals surface area contributed by atoms with Crippen LogP contribution in [-0.2, 0) is 16.1 Å². The maximum absolute atomic E-state index is 11.1. The van der Waals surface area contributed by atoms with Gasteiger partial charge in [-0.15, -0.1) is 6.42 Å². The van der Waals surface area contributed by atoms with Crippen LogP contribution < -0.4 is 0 Å². The van der Waals surface area contributed by atoms with Crippen molar-refractivity contribution in [2.24, 2.45) is 0 Å². The second kappa shape index (κ2) is 5.56. The molecule has 4 nitrogen and oxygen atoms in total. The van der Waals surface area contributed by atoms with Gasteiger partial charge in [0.25, 0.3) is 0 Å². The Kier molecular flexibility index (Phi) is 3.85. The van der Waals surface area contributed by atoms with Gasteiger partial charge in [-0.2, -0.15) is 0 Å². The number of carbonyl (C=O) groups is 1. The summed E-state index contributed by atoms with van der Waals surface area (Å²) in [7, 11) is 0. The molecular formula is C13H11ClN2O2. The van der Waals surface area contributed by atoms with E-state index in [1.54, 1.807) is 12.3 Å². The smallest absolute Gasteiger partial charge is 0.333 e. The molecule has 92 valence electrons. The Morgan fingerprint density at radius 1 is 1.56 bits per heavy atom. The average molecular weight is 263 g/mol. The number of pyridine rings is 1. The fourth-order valence-corrected chi connectivity index (χ4v) is 1.75. The summed E-state index contributed by atoms with van der Waals surface area (Å²) in [6.07, 6.45) is 8.47. The van der Waals surface area contributed by atoms with E-state index in [2.05, 4.69) is 10.9 Å². The van der Waals surface area contributed by atoms with E-state index < -0.39 is 0 Å². The lowest BCUT2D eigenvalue weighted by molar-refractivity contribution is -0.135. The molecule has 0 aliphatic carbocycles. The number of ether oxygens (including phenoxy) is 1. The monoisotopic (exact) mass is 262 g/mol. The molecule has 5 heteroatoms. The molecule has 0 saturated heterocycles. The van der Waals surface area contributed by atoms with Crippen LogP contribution >= 0.6 is 11.6 Å². The first kappa shape index (κ1) is 12.5. The highest BCUT2D eigenvalue weighted by Gasteiger charge is 2.18. The third kappa shape index (κ3) is 3.02. The molecule has 0 aromatic carbocycles. The lowest BCUT2D eigenvalue weighted by Gasteiger charge is -2.22. The van der Waals surface area contributed by atoms with Crippen molar-refractivity contribution >= 4 is 17.6 Å². The first-order valence-electron chi connectivity index (χ1n) is 5.35. The Morgan fingerprint density at radius 2 is 2.39 bits per heavy atom. The number of halogens is 1. The highest BCUT2D eigenvalue weighted by molar-refractivity contribution is 6.29. The molecule has 1 aliphatic heterocycles. The Balaban J connectivity index is 2.12. The normalized spacial score (nSPS) is 13.8. The number of nitrogens with zero attached hydrogens (tertiary/aromatic N) is 2. The zero-order valence-corrected chi connectivity index (χ0v) is 10.4. The predicted octanol–water partition coefficient (Wildman–Crippen LogP) is 1.61. The summed E-state index contributed by atoms with van der Waals surface area (Å²) in [6, 6.07) is 3.59. The summed E-state index contributed by atoms with van der Waals surface area (Å²) in [5, 5.41) is 0.445. The molecule has 18 heavy (non-hydrogen) atoms. The van der Waals surface area contributed by atoms with E-state index in [9.17, 15) is 4.79 Å². The number of cyclic esters (lactones) is 1. The summed E-state index contributed by atoms with van der Waals surface area (Å²) in [6.45, 7) is 1.24. The third-order valence-corrected chi connectivity index (χ3v) is 2.72. The summed E-state index contributed by atoms with van der Waals surface area (Å²) < 4.78 is 4.87. The van der Waals surface area contributed by atoms with Crippen LogP contribution in [0.5, 0.6) is 0 Å². The van der Waals surface area contributed by atoms with Gasteiger partial charge in [0.1, 0.15) is 11.8 Å². The first-order chi connectivity index (χ1) is 8.69. The van der Waals surface area contributed by atoms with Crippen LogP contribution in [0.1, 0.15) is 5.56 Å². The number of aromatic nitrogens is 1. The van der Waals surface area contributed by atoms with Gasteiger partial charge in [-0.25, -0.2) is 9.78 Å². The SMILES string of the molecule is C#CCN(Cc1ccc(Cl)nc1)C1=CC(=O)OC1. The summed E-state index contributed by atoms with van der Waals surface area (Å²) in [5.74, 6) is 2.23. The van der Waals surface area contributed by atoms with Crippen LogP contribution in [0.2, 0.25) is 5.15 Å². The molecule has 0 N–H and O–H groups in total. The van der Waals surface area contributed by atoms with Crippen molar-refractivity contribution in [2.45, 2.75) is 6.54 Å². The topological polar surface area (TPSA) is 42.4 Å². The van der Waals surface area contributed by atoms with Gasteiger partial charge in [-0.05, 0) is 11.6 Å². The van der Waals surface area contributed by atoms with Crippen molar-refractivity contribution in [1.29, 1.82) is 0 Å². The molecule has 0 fully saturated rings. The number of rotatable bonds is 4. The van der Waals surface area contributed by atoms with Crippen LogP contribution in [0, 0.1) is 12.3 Å². The Morgan fingerprint density at radius 3 is 2.94 bits per heavy atom. The van der Waals surface area contributed by atoms with Crippen molar-refractivity contribution in [3.8, 4) is 12.3 Å². The molecule has 2 rings (SSSR count).